The number of hydrogen-bond donors (Lipinski definition) is 3. The molecule has 0 aliphatic heterocycles. The third kappa shape index (κ3) is 8.01. The molecule has 0 spiro atoms. The van der Waals surface area contributed by atoms with Crippen molar-refractivity contribution in [3.05, 3.63) is 23.4 Å². The highest BCUT2D eigenvalue weighted by atomic mass is 35.5. The summed E-state index contributed by atoms with van der Waals surface area (Å²) >= 11 is 5.66. The maximum Gasteiger partial charge on any atom is 0.407 e. The van der Waals surface area contributed by atoms with Crippen LogP contribution in [0.3, 0.4) is 0 Å². The van der Waals surface area contributed by atoms with E-state index >= 15 is 0 Å². The number of anilines is 1. The van der Waals surface area contributed by atoms with Crippen LogP contribution in [-0.2, 0) is 14.3 Å². The lowest BCUT2D eigenvalue weighted by Gasteiger charge is -2.19. The van der Waals surface area contributed by atoms with Crippen molar-refractivity contribution in [2.45, 2.75) is 26.4 Å². The molecule has 3 N–H and O–H groups in total. The van der Waals surface area contributed by atoms with Gasteiger partial charge in [-0.05, 0) is 32.9 Å². The lowest BCUT2D eigenvalue weighted by molar-refractivity contribution is -0.136. The summed E-state index contributed by atoms with van der Waals surface area (Å²) < 4.78 is 5.02. The van der Waals surface area contributed by atoms with Gasteiger partial charge in [0.15, 0.2) is 0 Å². The standard InChI is InChI=1S/C14H19ClN4O4/c1-14(2,3)23-13(22)17-7-6-16-11(20)12(21)19-10-5-4-9(15)8-18-10/h4-5,8H,6-7H2,1-3H3,(H,16,20)(H,17,22)(H,18,19,21). The first-order valence-electron chi connectivity index (χ1n) is 6.85. The number of carbonyl (C=O) groups is 3. The van der Waals surface area contributed by atoms with E-state index < -0.39 is 23.5 Å². The van der Waals surface area contributed by atoms with Crippen molar-refractivity contribution in [1.29, 1.82) is 0 Å². The Bertz CT molecular complexity index is 569. The second kappa shape index (κ2) is 8.33. The molecule has 1 aromatic heterocycles. The third-order valence-electron chi connectivity index (χ3n) is 2.25. The molecule has 1 rings (SSSR count). The van der Waals surface area contributed by atoms with Gasteiger partial charge in [-0.15, -0.1) is 0 Å². The lowest BCUT2D eigenvalue weighted by atomic mass is 10.2. The van der Waals surface area contributed by atoms with Gasteiger partial charge in [0.25, 0.3) is 0 Å². The molecule has 0 radical (unpaired) electrons. The molecule has 0 unspecified atom stereocenters. The van der Waals surface area contributed by atoms with Crippen molar-refractivity contribution in [1.82, 2.24) is 15.6 Å². The number of nitrogens with one attached hydrogen (secondary N) is 3. The van der Waals surface area contributed by atoms with E-state index in [1.165, 1.54) is 18.3 Å². The van der Waals surface area contributed by atoms with E-state index in [2.05, 4.69) is 20.9 Å². The predicted octanol–water partition coefficient (Wildman–Crippen LogP) is 1.31. The summed E-state index contributed by atoms with van der Waals surface area (Å²) in [5.74, 6) is -1.49. The first kappa shape index (κ1) is 18.7. The number of aromatic nitrogens is 1. The molecule has 0 bridgehead atoms. The number of halogens is 1. The van der Waals surface area contributed by atoms with E-state index in [1.54, 1.807) is 20.8 Å². The summed E-state index contributed by atoms with van der Waals surface area (Å²) in [4.78, 5) is 38.4. The van der Waals surface area contributed by atoms with Gasteiger partial charge in [0, 0.05) is 19.3 Å². The zero-order valence-electron chi connectivity index (χ0n) is 13.1. The van der Waals surface area contributed by atoms with Crippen LogP contribution in [0.25, 0.3) is 0 Å². The largest absolute Gasteiger partial charge is 0.444 e. The molecule has 1 heterocycles. The number of amides is 3. The molecule has 0 saturated heterocycles. The number of pyridine rings is 1. The van der Waals surface area contributed by atoms with Gasteiger partial charge < -0.3 is 20.7 Å². The normalized spacial score (nSPS) is 10.6. The second-order valence-corrected chi connectivity index (χ2v) is 5.94. The van der Waals surface area contributed by atoms with Gasteiger partial charge in [-0.25, -0.2) is 9.78 Å². The van der Waals surface area contributed by atoms with Crippen LogP contribution in [0.4, 0.5) is 10.6 Å². The number of rotatable bonds is 4. The number of hydrogen-bond acceptors (Lipinski definition) is 5. The smallest absolute Gasteiger partial charge is 0.407 e. The van der Waals surface area contributed by atoms with Crippen LogP contribution in [0, 0.1) is 0 Å². The molecule has 9 heteroatoms. The molecule has 0 aromatic carbocycles. The number of ether oxygens (including phenoxy) is 1. The van der Waals surface area contributed by atoms with Gasteiger partial charge in [-0.1, -0.05) is 11.6 Å². The Hall–Kier alpha value is -2.35. The summed E-state index contributed by atoms with van der Waals surface area (Å²) in [5.41, 5.74) is -0.598. The average molecular weight is 343 g/mol. The summed E-state index contributed by atoms with van der Waals surface area (Å²) in [5, 5.41) is 7.55. The van der Waals surface area contributed by atoms with Crippen molar-refractivity contribution in [2.24, 2.45) is 0 Å². The predicted molar refractivity (Wildman–Crippen MR) is 85.1 cm³/mol. The zero-order valence-corrected chi connectivity index (χ0v) is 13.9. The fourth-order valence-electron chi connectivity index (χ4n) is 1.36. The Kier molecular flexibility index (Phi) is 6.77. The van der Waals surface area contributed by atoms with E-state index in [0.717, 1.165) is 0 Å². The van der Waals surface area contributed by atoms with E-state index in [-0.39, 0.29) is 18.9 Å². The maximum atomic E-state index is 11.6. The van der Waals surface area contributed by atoms with Crippen LogP contribution >= 0.6 is 11.6 Å². The summed E-state index contributed by atoms with van der Waals surface area (Å²) in [6, 6.07) is 3.00. The Morgan fingerprint density at radius 1 is 1.13 bits per heavy atom. The number of nitrogens with zero attached hydrogens (tertiary/aromatic N) is 1. The van der Waals surface area contributed by atoms with Crippen LogP contribution in [0.2, 0.25) is 5.02 Å². The number of carbonyl (C=O) groups excluding carboxylic acids is 3. The zero-order chi connectivity index (χ0) is 17.5. The highest BCUT2D eigenvalue weighted by Crippen LogP contribution is 2.09. The Morgan fingerprint density at radius 2 is 1.78 bits per heavy atom. The van der Waals surface area contributed by atoms with Crippen molar-refractivity contribution in [3.63, 3.8) is 0 Å². The third-order valence-corrected chi connectivity index (χ3v) is 2.48. The van der Waals surface area contributed by atoms with Crippen LogP contribution in [0.15, 0.2) is 18.3 Å². The lowest BCUT2D eigenvalue weighted by Crippen LogP contribution is -2.41. The van der Waals surface area contributed by atoms with Crippen LogP contribution in [0.5, 0.6) is 0 Å². The average Bonchev–Trinajstić information content (AvgIpc) is 2.44. The molecule has 126 valence electrons. The minimum absolute atomic E-state index is 0.0829. The number of alkyl carbamates (subject to hydrolysis) is 1. The topological polar surface area (TPSA) is 109 Å². The molecule has 0 atom stereocenters. The van der Waals surface area contributed by atoms with Gasteiger partial charge in [0.1, 0.15) is 11.4 Å². The molecule has 0 fully saturated rings. The monoisotopic (exact) mass is 342 g/mol. The molecular weight excluding hydrogens is 324 g/mol. The fourth-order valence-corrected chi connectivity index (χ4v) is 1.47. The van der Waals surface area contributed by atoms with Gasteiger partial charge in [-0.2, -0.15) is 0 Å². The molecular formula is C14H19ClN4O4. The fraction of sp³-hybridized carbons (Fsp3) is 0.429. The highest BCUT2D eigenvalue weighted by Gasteiger charge is 2.16. The van der Waals surface area contributed by atoms with Crippen LogP contribution in [0.1, 0.15) is 20.8 Å². The quantitative estimate of drug-likeness (QED) is 0.564. The van der Waals surface area contributed by atoms with Crippen LogP contribution in [-0.4, -0.2) is 41.6 Å². The van der Waals surface area contributed by atoms with Gasteiger partial charge in [0.2, 0.25) is 0 Å². The molecule has 0 aliphatic carbocycles. The van der Waals surface area contributed by atoms with Gasteiger partial charge in [-0.3, -0.25) is 9.59 Å². The van der Waals surface area contributed by atoms with E-state index in [1.807, 2.05) is 0 Å². The molecule has 0 saturated carbocycles. The van der Waals surface area contributed by atoms with Gasteiger partial charge in [0.05, 0.1) is 5.02 Å². The molecule has 8 nitrogen and oxygen atoms in total. The maximum absolute atomic E-state index is 11.6. The van der Waals surface area contributed by atoms with E-state index in [9.17, 15) is 14.4 Å². The van der Waals surface area contributed by atoms with E-state index in [0.29, 0.717) is 5.02 Å². The first-order chi connectivity index (χ1) is 10.7. The summed E-state index contributed by atoms with van der Waals surface area (Å²) in [6.45, 7) is 5.43. The second-order valence-electron chi connectivity index (χ2n) is 5.50. The molecule has 0 aliphatic rings. The van der Waals surface area contributed by atoms with Crippen molar-refractivity contribution in [2.75, 3.05) is 18.4 Å². The molecule has 23 heavy (non-hydrogen) atoms. The Morgan fingerprint density at radius 3 is 2.35 bits per heavy atom. The van der Waals surface area contributed by atoms with Gasteiger partial charge >= 0.3 is 17.9 Å². The van der Waals surface area contributed by atoms with Crippen molar-refractivity contribution in [3.8, 4) is 0 Å². The summed E-state index contributed by atoms with van der Waals surface area (Å²) in [6.07, 6.45) is 0.751. The van der Waals surface area contributed by atoms with Crippen LogP contribution < -0.4 is 16.0 Å². The molecule has 3 amide bonds. The molecule has 1 aromatic rings. The highest BCUT2D eigenvalue weighted by molar-refractivity contribution is 6.39. The Labute approximate surface area is 138 Å². The minimum Gasteiger partial charge on any atom is -0.444 e. The van der Waals surface area contributed by atoms with Crippen molar-refractivity contribution < 1.29 is 19.1 Å². The SMILES string of the molecule is CC(C)(C)OC(=O)NCCNC(=O)C(=O)Nc1ccc(Cl)cn1. The minimum atomic E-state index is -0.864. The van der Waals surface area contributed by atoms with Crippen molar-refractivity contribution >= 4 is 35.3 Å². The Balaban J connectivity index is 2.27. The van der Waals surface area contributed by atoms with E-state index in [4.69, 9.17) is 16.3 Å². The first-order valence-corrected chi connectivity index (χ1v) is 7.23. The summed E-state index contributed by atoms with van der Waals surface area (Å²) in [7, 11) is 0.